The molecule has 4 heterocycles. The topological polar surface area (TPSA) is 71.3 Å². The fourth-order valence-corrected chi connectivity index (χ4v) is 5.13. The number of thiophene rings is 2. The number of carbonyl (C=O) groups is 1. The average molecular weight is 467 g/mol. The Morgan fingerprint density at radius 1 is 1.16 bits per heavy atom. The predicted octanol–water partition coefficient (Wildman–Crippen LogP) is 5.74. The van der Waals surface area contributed by atoms with Crippen LogP contribution in [0.3, 0.4) is 0 Å². The minimum atomic E-state index is -0.604. The molecule has 6 nitrogen and oxygen atoms in total. The third-order valence-corrected chi connectivity index (χ3v) is 7.14. The zero-order valence-corrected chi connectivity index (χ0v) is 18.8. The molecule has 0 saturated heterocycles. The van der Waals surface area contributed by atoms with Crippen molar-refractivity contribution in [1.29, 1.82) is 0 Å². The first kappa shape index (κ1) is 20.6. The van der Waals surface area contributed by atoms with Crippen molar-refractivity contribution >= 4 is 34.3 Å². The Balaban J connectivity index is 1.56. The quantitative estimate of drug-likeness (QED) is 0.393. The number of halogens is 1. The van der Waals surface area contributed by atoms with Crippen molar-refractivity contribution in [2.75, 3.05) is 6.54 Å². The second-order valence-electron chi connectivity index (χ2n) is 7.32. The second kappa shape index (κ2) is 8.68. The number of aromatic nitrogens is 2. The fraction of sp³-hybridized carbons (Fsp3) is 0.174. The highest BCUT2D eigenvalue weighted by molar-refractivity contribution is 7.13. The summed E-state index contributed by atoms with van der Waals surface area (Å²) in [5.41, 5.74) is 1.99. The lowest BCUT2D eigenvalue weighted by molar-refractivity contribution is 0.205. The lowest BCUT2D eigenvalue weighted by atomic mass is 9.94. The summed E-state index contributed by atoms with van der Waals surface area (Å²) in [7, 11) is 0. The predicted molar refractivity (Wildman–Crippen MR) is 123 cm³/mol. The number of benzene rings is 1. The van der Waals surface area contributed by atoms with Crippen LogP contribution in [0, 0.1) is 5.82 Å². The highest BCUT2D eigenvalue weighted by Crippen LogP contribution is 2.37. The van der Waals surface area contributed by atoms with Crippen molar-refractivity contribution in [3.05, 3.63) is 87.1 Å². The largest absolute Gasteiger partial charge is 0.334 e. The molecule has 1 N–H and O–H groups in total. The minimum Gasteiger partial charge on any atom is -0.334 e. The highest BCUT2D eigenvalue weighted by atomic mass is 32.1. The number of nitrogens with one attached hydrogen (secondary N) is 1. The molecule has 9 heteroatoms. The Bertz CT molecular complexity index is 1260. The van der Waals surface area contributed by atoms with Gasteiger partial charge >= 0.3 is 6.03 Å². The van der Waals surface area contributed by atoms with E-state index in [0.29, 0.717) is 35.1 Å². The Kier molecular flexibility index (Phi) is 5.59. The number of amides is 2. The summed E-state index contributed by atoms with van der Waals surface area (Å²) in [6.07, 6.45) is 0.727. The highest BCUT2D eigenvalue weighted by Gasteiger charge is 2.35. The number of carbonyl (C=O) groups excluding carboxylic acids is 1. The molecule has 1 unspecified atom stereocenters. The number of urea groups is 1. The summed E-state index contributed by atoms with van der Waals surface area (Å²) in [6, 6.07) is 13.2. The van der Waals surface area contributed by atoms with Gasteiger partial charge in [0.25, 0.3) is 5.89 Å². The van der Waals surface area contributed by atoms with Gasteiger partial charge in [0, 0.05) is 17.1 Å². The Morgan fingerprint density at radius 3 is 2.75 bits per heavy atom. The smallest absolute Gasteiger partial charge is 0.322 e. The van der Waals surface area contributed by atoms with Crippen LogP contribution in [0.15, 0.2) is 69.5 Å². The Hall–Kier alpha value is -3.30. The number of nitrogens with zero attached hydrogens (tertiary/aromatic N) is 3. The molecule has 162 valence electrons. The van der Waals surface area contributed by atoms with E-state index in [1.807, 2.05) is 41.9 Å². The summed E-state index contributed by atoms with van der Waals surface area (Å²) < 4.78 is 19.6. The molecule has 0 bridgehead atoms. The molecule has 1 aromatic carbocycles. The molecular weight excluding hydrogens is 447 g/mol. The Labute approximate surface area is 192 Å². The molecule has 0 aliphatic carbocycles. The first-order valence-electron chi connectivity index (χ1n) is 10.0. The van der Waals surface area contributed by atoms with Crippen molar-refractivity contribution in [3.63, 3.8) is 0 Å². The van der Waals surface area contributed by atoms with Crippen LogP contribution in [0.4, 0.5) is 9.18 Å². The molecule has 0 radical (unpaired) electrons. The molecule has 1 aliphatic rings. The van der Waals surface area contributed by atoms with E-state index in [1.165, 1.54) is 28.3 Å². The molecular formula is C23H19FN4O2S2. The van der Waals surface area contributed by atoms with E-state index in [0.717, 1.165) is 11.3 Å². The number of hydrogen-bond acceptors (Lipinski definition) is 6. The average Bonchev–Trinajstić information content (AvgIpc) is 3.55. The molecule has 3 aromatic heterocycles. The van der Waals surface area contributed by atoms with Crippen molar-refractivity contribution in [1.82, 2.24) is 20.4 Å². The van der Waals surface area contributed by atoms with Crippen LogP contribution in [-0.2, 0) is 6.42 Å². The van der Waals surface area contributed by atoms with Crippen LogP contribution in [0.25, 0.3) is 16.3 Å². The van der Waals surface area contributed by atoms with Crippen molar-refractivity contribution in [3.8, 4) is 10.7 Å². The van der Waals surface area contributed by atoms with Gasteiger partial charge in [0.05, 0.1) is 16.5 Å². The molecule has 5 rings (SSSR count). The van der Waals surface area contributed by atoms with Gasteiger partial charge in [0.15, 0.2) is 0 Å². The molecule has 4 aromatic rings. The Morgan fingerprint density at radius 2 is 2.00 bits per heavy atom. The van der Waals surface area contributed by atoms with Crippen LogP contribution < -0.4 is 5.32 Å². The molecule has 2 amide bonds. The molecule has 0 fully saturated rings. The third-order valence-electron chi connectivity index (χ3n) is 5.34. The summed E-state index contributed by atoms with van der Waals surface area (Å²) in [5.74, 6) is 0.412. The van der Waals surface area contributed by atoms with Gasteiger partial charge in [-0.1, -0.05) is 29.4 Å². The summed E-state index contributed by atoms with van der Waals surface area (Å²) in [4.78, 5) is 21.4. The van der Waals surface area contributed by atoms with Gasteiger partial charge in [-0.05, 0) is 53.9 Å². The van der Waals surface area contributed by atoms with Gasteiger partial charge in [0.1, 0.15) is 5.82 Å². The molecule has 0 spiro atoms. The number of allylic oxidation sites excluding steroid dienone is 1. The van der Waals surface area contributed by atoms with Crippen LogP contribution in [0.2, 0.25) is 0 Å². The molecule has 1 atom stereocenters. The van der Waals surface area contributed by atoms with Crippen molar-refractivity contribution in [2.24, 2.45) is 0 Å². The SMILES string of the molecule is CC1=C(c2nc(-c3cccs3)no2)C(c2cccc(F)c2)NC(=O)N1CCc1cccs1. The lowest BCUT2D eigenvalue weighted by Gasteiger charge is -2.35. The van der Waals surface area contributed by atoms with Gasteiger partial charge in [-0.25, -0.2) is 9.18 Å². The van der Waals surface area contributed by atoms with E-state index < -0.39 is 6.04 Å². The summed E-state index contributed by atoms with van der Waals surface area (Å²) >= 11 is 3.17. The van der Waals surface area contributed by atoms with E-state index in [9.17, 15) is 9.18 Å². The van der Waals surface area contributed by atoms with Gasteiger partial charge < -0.3 is 9.84 Å². The van der Waals surface area contributed by atoms with Crippen molar-refractivity contribution < 1.29 is 13.7 Å². The number of hydrogen-bond donors (Lipinski definition) is 1. The third kappa shape index (κ3) is 3.96. The maximum absolute atomic E-state index is 14.0. The first-order valence-corrected chi connectivity index (χ1v) is 11.8. The van der Waals surface area contributed by atoms with Crippen LogP contribution in [-0.4, -0.2) is 27.6 Å². The normalized spacial score (nSPS) is 16.5. The zero-order valence-electron chi connectivity index (χ0n) is 17.1. The van der Waals surface area contributed by atoms with Gasteiger partial charge in [-0.3, -0.25) is 4.90 Å². The minimum absolute atomic E-state index is 0.241. The van der Waals surface area contributed by atoms with E-state index in [-0.39, 0.29) is 11.8 Å². The second-order valence-corrected chi connectivity index (χ2v) is 9.30. The van der Waals surface area contributed by atoms with E-state index in [1.54, 1.807) is 28.4 Å². The molecule has 1 aliphatic heterocycles. The van der Waals surface area contributed by atoms with Crippen molar-refractivity contribution in [2.45, 2.75) is 19.4 Å². The van der Waals surface area contributed by atoms with Crippen LogP contribution in [0.1, 0.15) is 29.3 Å². The van der Waals surface area contributed by atoms with Gasteiger partial charge in [-0.15, -0.1) is 22.7 Å². The summed E-state index contributed by atoms with van der Waals surface area (Å²) in [6.45, 7) is 2.37. The first-order chi connectivity index (χ1) is 15.6. The van der Waals surface area contributed by atoms with Gasteiger partial charge in [-0.2, -0.15) is 4.98 Å². The van der Waals surface area contributed by atoms with E-state index in [4.69, 9.17) is 4.52 Å². The monoisotopic (exact) mass is 466 g/mol. The van der Waals surface area contributed by atoms with Crippen LogP contribution >= 0.6 is 22.7 Å². The maximum atomic E-state index is 14.0. The lowest BCUT2D eigenvalue weighted by Crippen LogP contribution is -2.46. The standard InChI is InChI=1S/C23H19FN4O2S2/c1-14-19(22-26-21(27-30-22)18-8-4-12-32-18)20(15-5-2-6-16(24)13-15)25-23(29)28(14)10-9-17-7-3-11-31-17/h2-8,11-13,20H,9-10H2,1H3,(H,25,29). The zero-order chi connectivity index (χ0) is 22.1. The van der Waals surface area contributed by atoms with Crippen LogP contribution in [0.5, 0.6) is 0 Å². The maximum Gasteiger partial charge on any atom is 0.322 e. The fourth-order valence-electron chi connectivity index (χ4n) is 3.78. The van der Waals surface area contributed by atoms with E-state index >= 15 is 0 Å². The molecule has 32 heavy (non-hydrogen) atoms. The van der Waals surface area contributed by atoms with E-state index in [2.05, 4.69) is 15.5 Å². The summed E-state index contributed by atoms with van der Waals surface area (Å²) in [5, 5.41) is 11.1. The molecule has 0 saturated carbocycles. The van der Waals surface area contributed by atoms with Gasteiger partial charge in [0.2, 0.25) is 5.82 Å². The number of rotatable bonds is 6.